The number of amides is 1. The van der Waals surface area contributed by atoms with Crippen LogP contribution >= 0.6 is 0 Å². The van der Waals surface area contributed by atoms with E-state index in [0.717, 1.165) is 13.0 Å². The lowest BCUT2D eigenvalue weighted by molar-refractivity contribution is 0.0914. The van der Waals surface area contributed by atoms with Gasteiger partial charge < -0.3 is 14.7 Å². The zero-order valence-corrected chi connectivity index (χ0v) is 13.5. The monoisotopic (exact) mass is 340 g/mol. The zero-order chi connectivity index (χ0) is 17.2. The van der Waals surface area contributed by atoms with Crippen molar-refractivity contribution in [2.45, 2.75) is 6.42 Å². The second-order valence-electron chi connectivity index (χ2n) is 6.15. The summed E-state index contributed by atoms with van der Waals surface area (Å²) in [6.07, 6.45) is 2.50. The maximum absolute atomic E-state index is 13.9. The number of benzene rings is 1. The van der Waals surface area contributed by atoms with Gasteiger partial charge in [0.1, 0.15) is 5.82 Å². The van der Waals surface area contributed by atoms with Crippen LogP contribution in [0.15, 0.2) is 47.1 Å². The van der Waals surface area contributed by atoms with Crippen molar-refractivity contribution in [1.82, 2.24) is 15.5 Å². The summed E-state index contributed by atoms with van der Waals surface area (Å²) >= 11 is 0. The Morgan fingerprint density at radius 2 is 2.20 bits per heavy atom. The number of halogens is 1. The molecule has 0 bridgehead atoms. The van der Waals surface area contributed by atoms with Gasteiger partial charge in [0.05, 0.1) is 11.1 Å². The van der Waals surface area contributed by atoms with Crippen molar-refractivity contribution in [3.63, 3.8) is 0 Å². The molecule has 1 fully saturated rings. The highest BCUT2D eigenvalue weighted by molar-refractivity contribution is 6.02. The standard InChI is InChI=1S/C18H17FN4O2/c19-14-5-1-2-6-15(14)23-9-7-12(11-23)10-21-18(24)16-13-4-3-8-20-17(13)22-25-16/h1-6,8,12H,7,9-11H2,(H,21,24). The summed E-state index contributed by atoms with van der Waals surface area (Å²) in [6.45, 7) is 1.99. The molecule has 1 aliphatic rings. The van der Waals surface area contributed by atoms with Gasteiger partial charge in [-0.3, -0.25) is 4.79 Å². The van der Waals surface area contributed by atoms with Crippen molar-refractivity contribution in [2.75, 3.05) is 24.5 Å². The first-order valence-electron chi connectivity index (χ1n) is 8.20. The summed E-state index contributed by atoms with van der Waals surface area (Å²) < 4.78 is 19.0. The third-order valence-electron chi connectivity index (χ3n) is 4.49. The van der Waals surface area contributed by atoms with Crippen LogP contribution < -0.4 is 10.2 Å². The van der Waals surface area contributed by atoms with Gasteiger partial charge in [-0.25, -0.2) is 9.37 Å². The van der Waals surface area contributed by atoms with Crippen molar-refractivity contribution < 1.29 is 13.7 Å². The SMILES string of the molecule is O=C(NCC1CCN(c2ccccc2F)C1)c1onc2ncccc12. The lowest BCUT2D eigenvalue weighted by Gasteiger charge is -2.19. The van der Waals surface area contributed by atoms with Crippen molar-refractivity contribution in [2.24, 2.45) is 5.92 Å². The minimum absolute atomic E-state index is 0.173. The summed E-state index contributed by atoms with van der Waals surface area (Å²) in [7, 11) is 0. The molecule has 1 aliphatic heterocycles. The van der Waals surface area contributed by atoms with E-state index in [4.69, 9.17) is 4.52 Å². The number of pyridine rings is 1. The van der Waals surface area contributed by atoms with Gasteiger partial charge in [0.25, 0.3) is 5.91 Å². The molecule has 7 heteroatoms. The van der Waals surface area contributed by atoms with Crippen LogP contribution in [0.2, 0.25) is 0 Å². The van der Waals surface area contributed by atoms with Gasteiger partial charge in [0.15, 0.2) is 0 Å². The molecule has 0 aliphatic carbocycles. The highest BCUT2D eigenvalue weighted by Crippen LogP contribution is 2.26. The number of carbonyl (C=O) groups is 1. The van der Waals surface area contributed by atoms with E-state index in [1.807, 2.05) is 11.0 Å². The first-order valence-corrected chi connectivity index (χ1v) is 8.20. The van der Waals surface area contributed by atoms with E-state index >= 15 is 0 Å². The van der Waals surface area contributed by atoms with E-state index in [2.05, 4.69) is 15.5 Å². The van der Waals surface area contributed by atoms with Crippen molar-refractivity contribution in [3.8, 4) is 0 Å². The molecule has 0 radical (unpaired) electrons. The molecule has 128 valence electrons. The molecule has 3 heterocycles. The van der Waals surface area contributed by atoms with Crippen LogP contribution in [0.5, 0.6) is 0 Å². The number of nitrogens with zero attached hydrogens (tertiary/aromatic N) is 3. The lowest BCUT2D eigenvalue weighted by atomic mass is 10.1. The van der Waals surface area contributed by atoms with Gasteiger partial charge >= 0.3 is 0 Å². The Kier molecular flexibility index (Phi) is 4.05. The zero-order valence-electron chi connectivity index (χ0n) is 13.5. The summed E-state index contributed by atoms with van der Waals surface area (Å²) in [4.78, 5) is 18.4. The van der Waals surface area contributed by atoms with E-state index in [9.17, 15) is 9.18 Å². The van der Waals surface area contributed by atoms with E-state index in [1.54, 1.807) is 30.5 Å². The molecule has 0 saturated carbocycles. The number of hydrogen-bond donors (Lipinski definition) is 1. The fourth-order valence-electron chi connectivity index (χ4n) is 3.19. The number of fused-ring (bicyclic) bond motifs is 1. The molecule has 1 saturated heterocycles. The first-order chi connectivity index (χ1) is 12.2. The molecule has 4 rings (SSSR count). The van der Waals surface area contributed by atoms with Crippen LogP contribution in [-0.4, -0.2) is 35.7 Å². The molecule has 1 N–H and O–H groups in total. The van der Waals surface area contributed by atoms with E-state index in [1.165, 1.54) is 6.07 Å². The quantitative estimate of drug-likeness (QED) is 0.790. The van der Waals surface area contributed by atoms with Crippen molar-refractivity contribution in [1.29, 1.82) is 0 Å². The Labute approximate surface area is 143 Å². The molecule has 6 nitrogen and oxygen atoms in total. The average molecular weight is 340 g/mol. The maximum atomic E-state index is 13.9. The summed E-state index contributed by atoms with van der Waals surface area (Å²) in [5.74, 6) is -0.0874. The van der Waals surface area contributed by atoms with Crippen LogP contribution in [0.25, 0.3) is 11.0 Å². The van der Waals surface area contributed by atoms with Crippen LogP contribution in [0.3, 0.4) is 0 Å². The topological polar surface area (TPSA) is 71.3 Å². The van der Waals surface area contributed by atoms with Gasteiger partial charge in [-0.1, -0.05) is 17.3 Å². The fourth-order valence-corrected chi connectivity index (χ4v) is 3.19. The predicted molar refractivity (Wildman–Crippen MR) is 90.9 cm³/mol. The van der Waals surface area contributed by atoms with Gasteiger partial charge in [0, 0.05) is 25.8 Å². The van der Waals surface area contributed by atoms with Crippen LogP contribution in [0, 0.1) is 11.7 Å². The van der Waals surface area contributed by atoms with Gasteiger partial charge in [0.2, 0.25) is 11.4 Å². The molecular formula is C18H17FN4O2. The summed E-state index contributed by atoms with van der Waals surface area (Å²) in [6, 6.07) is 10.2. The number of rotatable bonds is 4. The van der Waals surface area contributed by atoms with E-state index in [-0.39, 0.29) is 23.4 Å². The predicted octanol–water partition coefficient (Wildman–Crippen LogP) is 2.62. The number of aromatic nitrogens is 2. The smallest absolute Gasteiger partial charge is 0.290 e. The molecule has 3 aromatic rings. The Balaban J connectivity index is 1.38. The number of carbonyl (C=O) groups excluding carboxylic acids is 1. The second kappa shape index (κ2) is 6.51. The molecule has 2 aromatic heterocycles. The summed E-state index contributed by atoms with van der Waals surface area (Å²) in [5.41, 5.74) is 1.03. The number of anilines is 1. The second-order valence-corrected chi connectivity index (χ2v) is 6.15. The molecule has 1 atom stereocenters. The molecular weight excluding hydrogens is 323 g/mol. The Morgan fingerprint density at radius 3 is 3.08 bits per heavy atom. The average Bonchev–Trinajstić information content (AvgIpc) is 3.27. The van der Waals surface area contributed by atoms with Gasteiger partial charge in [-0.2, -0.15) is 0 Å². The first kappa shape index (κ1) is 15.6. The minimum Gasteiger partial charge on any atom is -0.369 e. The third-order valence-corrected chi connectivity index (χ3v) is 4.49. The number of nitrogens with one attached hydrogen (secondary N) is 1. The highest BCUT2D eigenvalue weighted by Gasteiger charge is 2.25. The molecule has 25 heavy (non-hydrogen) atoms. The van der Waals surface area contributed by atoms with Gasteiger partial charge in [-0.05, 0) is 36.6 Å². The lowest BCUT2D eigenvalue weighted by Crippen LogP contribution is -2.31. The van der Waals surface area contributed by atoms with Gasteiger partial charge in [-0.15, -0.1) is 0 Å². The van der Waals surface area contributed by atoms with Crippen LogP contribution in [0.4, 0.5) is 10.1 Å². The largest absolute Gasteiger partial charge is 0.369 e. The van der Waals surface area contributed by atoms with E-state index < -0.39 is 0 Å². The minimum atomic E-state index is -0.306. The maximum Gasteiger partial charge on any atom is 0.290 e. The number of hydrogen-bond acceptors (Lipinski definition) is 5. The molecule has 1 unspecified atom stereocenters. The normalized spacial score (nSPS) is 17.2. The fraction of sp³-hybridized carbons (Fsp3) is 0.278. The molecule has 0 spiro atoms. The van der Waals surface area contributed by atoms with Crippen LogP contribution in [-0.2, 0) is 0 Å². The van der Waals surface area contributed by atoms with Crippen molar-refractivity contribution in [3.05, 3.63) is 54.2 Å². The van der Waals surface area contributed by atoms with Crippen LogP contribution in [0.1, 0.15) is 17.0 Å². The van der Waals surface area contributed by atoms with Crippen molar-refractivity contribution >= 4 is 22.6 Å². The highest BCUT2D eigenvalue weighted by atomic mass is 19.1. The Morgan fingerprint density at radius 1 is 1.32 bits per heavy atom. The molecule has 1 aromatic carbocycles. The molecule has 1 amide bonds. The third kappa shape index (κ3) is 3.05. The number of para-hydroxylation sites is 1. The van der Waals surface area contributed by atoms with E-state index in [0.29, 0.717) is 29.8 Å². The Hall–Kier alpha value is -2.96. The Bertz CT molecular complexity index is 911. The summed E-state index contributed by atoms with van der Waals surface area (Å²) in [5, 5.41) is 7.27.